The Morgan fingerprint density at radius 3 is 2.38 bits per heavy atom. The van der Waals surface area contributed by atoms with Gasteiger partial charge in [0.05, 0.1) is 28.3 Å². The van der Waals surface area contributed by atoms with Crippen LogP contribution < -0.4 is 15.8 Å². The van der Waals surface area contributed by atoms with Crippen LogP contribution in [0.1, 0.15) is 78.6 Å². The van der Waals surface area contributed by atoms with Gasteiger partial charge in [-0.2, -0.15) is 0 Å². The minimum absolute atomic E-state index is 0.167. The highest BCUT2D eigenvalue weighted by molar-refractivity contribution is 5.91. The molecule has 0 aliphatic carbocycles. The van der Waals surface area contributed by atoms with E-state index in [1.165, 1.54) is 0 Å². The first-order chi connectivity index (χ1) is 18.6. The van der Waals surface area contributed by atoms with Crippen LogP contribution in [-0.2, 0) is 9.53 Å². The van der Waals surface area contributed by atoms with Crippen molar-refractivity contribution in [2.24, 2.45) is 5.92 Å². The van der Waals surface area contributed by atoms with Crippen LogP contribution in [-0.4, -0.2) is 40.1 Å². The number of anilines is 1. The van der Waals surface area contributed by atoms with E-state index < -0.39 is 17.7 Å². The number of Topliss-reactive ketones (excluding diaryl/α,β-unsaturated/α-hetero) is 1. The molecule has 8 heteroatoms. The van der Waals surface area contributed by atoms with Crippen molar-refractivity contribution < 1.29 is 14.3 Å². The van der Waals surface area contributed by atoms with Crippen molar-refractivity contribution in [3.05, 3.63) is 64.7 Å². The molecule has 1 aliphatic rings. The molecule has 1 aliphatic heterocycles. The standard InChI is InChI=1S/C31H40N4O4/c1-6-24(33-30(38)39-31(3,4)5)28-32-25-13-10-14-26(34-19-17-22(18-20-34)16-15-21(2)36)27(25)29(37)35(28)23-11-8-7-9-12-23/h7-14,22,24H,6,15-20H2,1-5H3,(H,33,38)/t24-/m0/s1. The molecular weight excluding hydrogens is 492 g/mol. The van der Waals surface area contributed by atoms with Crippen LogP contribution in [0.25, 0.3) is 16.6 Å². The van der Waals surface area contributed by atoms with Crippen LogP contribution in [0.2, 0.25) is 0 Å². The third-order valence-electron chi connectivity index (χ3n) is 7.19. The number of rotatable bonds is 8. The summed E-state index contributed by atoms with van der Waals surface area (Å²) in [5.74, 6) is 1.23. The molecule has 2 aromatic carbocycles. The maximum Gasteiger partial charge on any atom is 0.408 e. The van der Waals surface area contributed by atoms with E-state index in [1.807, 2.05) is 76.2 Å². The Hall–Kier alpha value is -3.68. The molecule has 8 nitrogen and oxygen atoms in total. The summed E-state index contributed by atoms with van der Waals surface area (Å²) in [6.07, 6.45) is 3.50. The molecule has 1 atom stereocenters. The zero-order valence-electron chi connectivity index (χ0n) is 23.7. The summed E-state index contributed by atoms with van der Waals surface area (Å²) in [5.41, 5.74) is 1.35. The van der Waals surface area contributed by atoms with Crippen LogP contribution in [0.15, 0.2) is 53.3 Å². The number of nitrogens with one attached hydrogen (secondary N) is 1. The maximum absolute atomic E-state index is 14.3. The molecule has 1 fully saturated rings. The minimum Gasteiger partial charge on any atom is -0.444 e. The van der Waals surface area contributed by atoms with Gasteiger partial charge in [0.15, 0.2) is 0 Å². The number of fused-ring (bicyclic) bond motifs is 1. The first kappa shape index (κ1) is 28.3. The molecule has 1 amide bonds. The highest BCUT2D eigenvalue weighted by Gasteiger charge is 2.27. The number of alkyl carbamates (subject to hydrolysis) is 1. The third kappa shape index (κ3) is 6.85. The Bertz CT molecular complexity index is 1370. The number of nitrogens with zero attached hydrogens (tertiary/aromatic N) is 3. The summed E-state index contributed by atoms with van der Waals surface area (Å²) in [4.78, 5) is 45.7. The molecule has 1 aromatic heterocycles. The molecule has 208 valence electrons. The predicted molar refractivity (Wildman–Crippen MR) is 155 cm³/mol. The van der Waals surface area contributed by atoms with Gasteiger partial charge in [0.2, 0.25) is 0 Å². The zero-order chi connectivity index (χ0) is 28.2. The monoisotopic (exact) mass is 532 g/mol. The van der Waals surface area contributed by atoms with Gasteiger partial charge in [0.1, 0.15) is 17.2 Å². The van der Waals surface area contributed by atoms with E-state index in [0.29, 0.717) is 41.2 Å². The highest BCUT2D eigenvalue weighted by Crippen LogP contribution is 2.31. The van der Waals surface area contributed by atoms with Crippen LogP contribution in [0, 0.1) is 5.92 Å². The van der Waals surface area contributed by atoms with Crippen molar-refractivity contribution in [2.75, 3.05) is 18.0 Å². The Kier molecular flexibility index (Phi) is 8.73. The van der Waals surface area contributed by atoms with E-state index in [-0.39, 0.29) is 11.3 Å². The summed E-state index contributed by atoms with van der Waals surface area (Å²) < 4.78 is 7.12. The second-order valence-corrected chi connectivity index (χ2v) is 11.4. The molecule has 0 bridgehead atoms. The van der Waals surface area contributed by atoms with Gasteiger partial charge >= 0.3 is 6.09 Å². The Morgan fingerprint density at radius 1 is 1.08 bits per heavy atom. The van der Waals surface area contributed by atoms with Crippen LogP contribution in [0.4, 0.5) is 10.5 Å². The van der Waals surface area contributed by atoms with Gasteiger partial charge < -0.3 is 19.7 Å². The maximum atomic E-state index is 14.3. The third-order valence-corrected chi connectivity index (χ3v) is 7.19. The Morgan fingerprint density at radius 2 is 1.77 bits per heavy atom. The average Bonchev–Trinajstić information content (AvgIpc) is 2.90. The van der Waals surface area contributed by atoms with E-state index in [0.717, 1.165) is 38.0 Å². The van der Waals surface area contributed by atoms with Gasteiger partial charge in [-0.1, -0.05) is 31.2 Å². The van der Waals surface area contributed by atoms with Crippen molar-refractivity contribution in [3.63, 3.8) is 0 Å². The number of ketones is 1. The van der Waals surface area contributed by atoms with E-state index in [1.54, 1.807) is 11.5 Å². The number of ether oxygens (including phenoxy) is 1. The molecule has 0 saturated carbocycles. The number of amides is 1. The second kappa shape index (κ2) is 12.0. The van der Waals surface area contributed by atoms with Crippen molar-refractivity contribution in [2.45, 2.75) is 78.4 Å². The fourth-order valence-corrected chi connectivity index (χ4v) is 5.22. The highest BCUT2D eigenvalue weighted by atomic mass is 16.6. The lowest BCUT2D eigenvalue weighted by Gasteiger charge is -2.34. The largest absolute Gasteiger partial charge is 0.444 e. The number of aromatic nitrogens is 2. The first-order valence-electron chi connectivity index (χ1n) is 13.9. The van der Waals surface area contributed by atoms with Gasteiger partial charge in [-0.3, -0.25) is 9.36 Å². The predicted octanol–water partition coefficient (Wildman–Crippen LogP) is 5.95. The van der Waals surface area contributed by atoms with Crippen LogP contribution in [0.3, 0.4) is 0 Å². The van der Waals surface area contributed by atoms with Gasteiger partial charge in [0, 0.05) is 19.5 Å². The van der Waals surface area contributed by atoms with Crippen molar-refractivity contribution in [3.8, 4) is 5.69 Å². The lowest BCUT2D eigenvalue weighted by Crippen LogP contribution is -2.38. The van der Waals surface area contributed by atoms with Crippen LogP contribution >= 0.6 is 0 Å². The Balaban J connectivity index is 1.76. The number of carbonyl (C=O) groups is 2. The molecule has 0 spiro atoms. The first-order valence-corrected chi connectivity index (χ1v) is 13.9. The van der Waals surface area contributed by atoms with Crippen LogP contribution in [0.5, 0.6) is 0 Å². The fourth-order valence-electron chi connectivity index (χ4n) is 5.22. The van der Waals surface area contributed by atoms with E-state index in [4.69, 9.17) is 9.72 Å². The fraction of sp³-hybridized carbons (Fsp3) is 0.484. The topological polar surface area (TPSA) is 93.5 Å². The molecule has 4 rings (SSSR count). The van der Waals surface area contributed by atoms with Gasteiger partial charge in [-0.15, -0.1) is 0 Å². The van der Waals surface area contributed by atoms with Gasteiger partial charge in [-0.05, 0) is 83.6 Å². The Labute approximate surface area is 230 Å². The molecule has 3 aromatic rings. The van der Waals surface area contributed by atoms with E-state index in [9.17, 15) is 14.4 Å². The molecular formula is C31H40N4O4. The second-order valence-electron chi connectivity index (χ2n) is 11.4. The summed E-state index contributed by atoms with van der Waals surface area (Å²) >= 11 is 0. The molecule has 0 unspecified atom stereocenters. The summed E-state index contributed by atoms with van der Waals surface area (Å²) in [5, 5.41) is 3.50. The molecule has 2 heterocycles. The number of piperidine rings is 1. The minimum atomic E-state index is -0.646. The molecule has 0 radical (unpaired) electrons. The van der Waals surface area contributed by atoms with Gasteiger partial charge in [0.25, 0.3) is 5.56 Å². The summed E-state index contributed by atoms with van der Waals surface area (Å²) in [6, 6.07) is 14.7. The number of hydrogen-bond donors (Lipinski definition) is 1. The van der Waals surface area contributed by atoms with E-state index in [2.05, 4.69) is 10.2 Å². The number of benzene rings is 2. The quantitative estimate of drug-likeness (QED) is 0.386. The SMILES string of the molecule is CC[C@H](NC(=O)OC(C)(C)C)c1nc2cccc(N3CCC(CCC(C)=O)CC3)c2c(=O)n1-c1ccccc1. The van der Waals surface area contributed by atoms with E-state index >= 15 is 0 Å². The van der Waals surface area contributed by atoms with Gasteiger partial charge in [-0.25, -0.2) is 9.78 Å². The summed E-state index contributed by atoms with van der Waals surface area (Å²) in [7, 11) is 0. The zero-order valence-corrected chi connectivity index (χ0v) is 23.7. The van der Waals surface area contributed by atoms with Crippen molar-refractivity contribution >= 4 is 28.5 Å². The summed E-state index contributed by atoms with van der Waals surface area (Å²) in [6.45, 7) is 10.7. The van der Waals surface area contributed by atoms with Crippen molar-refractivity contribution in [1.82, 2.24) is 14.9 Å². The lowest BCUT2D eigenvalue weighted by molar-refractivity contribution is -0.117. The molecule has 1 saturated heterocycles. The number of hydrogen-bond acceptors (Lipinski definition) is 6. The number of carbonyl (C=O) groups excluding carboxylic acids is 2. The van der Waals surface area contributed by atoms with Crippen molar-refractivity contribution in [1.29, 1.82) is 0 Å². The average molecular weight is 533 g/mol. The normalized spacial score (nSPS) is 15.3. The smallest absolute Gasteiger partial charge is 0.408 e. The molecule has 1 N–H and O–H groups in total. The lowest BCUT2D eigenvalue weighted by atomic mass is 9.91. The number of para-hydroxylation sites is 1. The molecule has 39 heavy (non-hydrogen) atoms.